The highest BCUT2D eigenvalue weighted by atomic mass is 35.5. The van der Waals surface area contributed by atoms with Crippen LogP contribution in [0.15, 0.2) is 65.6 Å². The summed E-state index contributed by atoms with van der Waals surface area (Å²) in [4.78, 5) is 14.3. The average molecular weight is 546 g/mol. The number of ether oxygens (including phenoxy) is 2. The van der Waals surface area contributed by atoms with Crippen molar-refractivity contribution in [3.63, 3.8) is 0 Å². The molecule has 1 unspecified atom stereocenters. The number of pyridine rings is 1. The van der Waals surface area contributed by atoms with E-state index in [9.17, 15) is 9.90 Å². The lowest BCUT2D eigenvalue weighted by Crippen LogP contribution is -2.37. The second-order valence-electron chi connectivity index (χ2n) is 9.80. The molecule has 0 amide bonds. The van der Waals surface area contributed by atoms with Gasteiger partial charge in [0.1, 0.15) is 18.1 Å². The van der Waals surface area contributed by atoms with E-state index in [-0.39, 0.29) is 12.2 Å². The fourth-order valence-corrected chi connectivity index (χ4v) is 4.81. The lowest BCUT2D eigenvalue weighted by molar-refractivity contribution is -0.0168. The minimum Gasteiger partial charge on any atom is -0.494 e. The molecule has 3 aromatic rings. The van der Waals surface area contributed by atoms with Gasteiger partial charge in [-0.1, -0.05) is 41.4 Å². The number of likely N-dealkylation sites (tertiary alicyclic amines) is 1. The molecule has 1 aliphatic rings. The van der Waals surface area contributed by atoms with E-state index in [0.717, 1.165) is 43.8 Å². The van der Waals surface area contributed by atoms with Crippen molar-refractivity contribution in [2.75, 3.05) is 26.3 Å². The number of benzene rings is 2. The molecule has 2 heterocycles. The van der Waals surface area contributed by atoms with Crippen molar-refractivity contribution in [3.8, 4) is 11.5 Å². The molecule has 1 atom stereocenters. The summed E-state index contributed by atoms with van der Waals surface area (Å²) in [6.07, 6.45) is 4.86. The van der Waals surface area contributed by atoms with E-state index >= 15 is 0 Å². The third kappa shape index (κ3) is 8.24. The van der Waals surface area contributed by atoms with Gasteiger partial charge >= 0.3 is 0 Å². The summed E-state index contributed by atoms with van der Waals surface area (Å²) in [5.41, 5.74) is 1.42. The Bertz CT molecular complexity index is 1230. The van der Waals surface area contributed by atoms with E-state index in [1.807, 2.05) is 31.3 Å². The predicted octanol–water partition coefficient (Wildman–Crippen LogP) is 5.73. The van der Waals surface area contributed by atoms with E-state index in [0.29, 0.717) is 41.8 Å². The van der Waals surface area contributed by atoms with Crippen LogP contribution in [0.4, 0.5) is 0 Å². The topological polar surface area (TPSA) is 63.9 Å². The summed E-state index contributed by atoms with van der Waals surface area (Å²) in [6.45, 7) is 5.92. The van der Waals surface area contributed by atoms with Crippen molar-refractivity contribution in [2.45, 2.75) is 51.3 Å². The third-order valence-corrected chi connectivity index (χ3v) is 7.42. The highest BCUT2D eigenvalue weighted by Crippen LogP contribution is 2.29. The maximum atomic E-state index is 11.9. The smallest absolute Gasteiger partial charge is 0.250 e. The van der Waals surface area contributed by atoms with E-state index < -0.39 is 5.60 Å². The Balaban J connectivity index is 1.20. The van der Waals surface area contributed by atoms with E-state index in [1.165, 1.54) is 5.56 Å². The summed E-state index contributed by atoms with van der Waals surface area (Å²) in [5.74, 6) is 1.43. The third-order valence-electron chi connectivity index (χ3n) is 6.68. The first-order chi connectivity index (χ1) is 17.8. The zero-order chi connectivity index (χ0) is 26.3. The first-order valence-electron chi connectivity index (χ1n) is 12.7. The standard InChI is InChI=1S/C29H34Cl2N2O4/c1-22-4-11-28(34)33(19-22)15-3-17-36-24-7-5-23(6-8-24)20-32-14-2-12-29(35,13-16-32)21-37-25-9-10-26(30)27(31)18-25/h4-11,18-19,35H,2-3,12-17,20-21H2,1H3. The number of aryl methyl sites for hydroxylation is 2. The van der Waals surface area contributed by atoms with Crippen LogP contribution in [0.3, 0.4) is 0 Å². The van der Waals surface area contributed by atoms with E-state index in [4.69, 9.17) is 32.7 Å². The van der Waals surface area contributed by atoms with Crippen LogP contribution in [0.25, 0.3) is 0 Å². The molecule has 4 rings (SSSR count). The minimum absolute atomic E-state index is 0.0147. The summed E-state index contributed by atoms with van der Waals surface area (Å²) >= 11 is 12.0. The van der Waals surface area contributed by atoms with Crippen LogP contribution < -0.4 is 15.0 Å². The van der Waals surface area contributed by atoms with Gasteiger partial charge in [0.2, 0.25) is 0 Å². The summed E-state index contributed by atoms with van der Waals surface area (Å²) in [7, 11) is 0. The van der Waals surface area contributed by atoms with Crippen LogP contribution in [0, 0.1) is 6.92 Å². The van der Waals surface area contributed by atoms with Crippen molar-refractivity contribution in [2.24, 2.45) is 0 Å². The fraction of sp³-hybridized carbons (Fsp3) is 0.414. The Morgan fingerprint density at radius 3 is 2.51 bits per heavy atom. The zero-order valence-electron chi connectivity index (χ0n) is 21.2. The number of halogens is 2. The number of aromatic nitrogens is 1. The van der Waals surface area contributed by atoms with Crippen LogP contribution >= 0.6 is 23.2 Å². The molecule has 1 saturated heterocycles. The minimum atomic E-state index is -0.873. The van der Waals surface area contributed by atoms with Gasteiger partial charge in [0.25, 0.3) is 5.56 Å². The SMILES string of the molecule is Cc1ccc(=O)n(CCCOc2ccc(CN3CCCC(O)(COc4ccc(Cl)c(Cl)c4)CC3)cc2)c1. The molecule has 37 heavy (non-hydrogen) atoms. The number of rotatable bonds is 10. The Labute approximate surface area is 228 Å². The number of aliphatic hydroxyl groups is 1. The molecule has 1 fully saturated rings. The quantitative estimate of drug-likeness (QED) is 0.330. The largest absolute Gasteiger partial charge is 0.494 e. The number of nitrogens with zero attached hydrogens (tertiary/aromatic N) is 2. The molecule has 0 radical (unpaired) electrons. The molecule has 6 nitrogen and oxygen atoms in total. The molecule has 1 aliphatic heterocycles. The van der Waals surface area contributed by atoms with Gasteiger partial charge in [-0.15, -0.1) is 0 Å². The molecule has 0 aliphatic carbocycles. The summed E-state index contributed by atoms with van der Waals surface area (Å²) in [5, 5.41) is 12.0. The molecule has 1 N–H and O–H groups in total. The Morgan fingerprint density at radius 1 is 0.946 bits per heavy atom. The molecule has 0 saturated carbocycles. The van der Waals surface area contributed by atoms with Crippen molar-refractivity contribution < 1.29 is 14.6 Å². The van der Waals surface area contributed by atoms with Crippen molar-refractivity contribution in [3.05, 3.63) is 92.3 Å². The van der Waals surface area contributed by atoms with Crippen LogP contribution in [0.2, 0.25) is 10.0 Å². The van der Waals surface area contributed by atoms with Gasteiger partial charge < -0.3 is 19.1 Å². The molecular formula is C29H34Cl2N2O4. The van der Waals surface area contributed by atoms with Crippen LogP contribution in [-0.4, -0.2) is 46.5 Å². The van der Waals surface area contributed by atoms with Gasteiger partial charge in [0, 0.05) is 38.0 Å². The van der Waals surface area contributed by atoms with Crippen LogP contribution in [0.1, 0.15) is 36.8 Å². The molecule has 198 valence electrons. The molecule has 0 bridgehead atoms. The second-order valence-corrected chi connectivity index (χ2v) is 10.6. The first kappa shape index (κ1) is 27.5. The summed E-state index contributed by atoms with van der Waals surface area (Å²) in [6, 6.07) is 16.7. The number of hydrogen-bond donors (Lipinski definition) is 1. The molecule has 8 heteroatoms. The zero-order valence-corrected chi connectivity index (χ0v) is 22.7. The van der Waals surface area contributed by atoms with Gasteiger partial charge in [0.15, 0.2) is 0 Å². The maximum absolute atomic E-state index is 11.9. The molecule has 1 aromatic heterocycles. The number of hydrogen-bond acceptors (Lipinski definition) is 5. The Morgan fingerprint density at radius 2 is 1.73 bits per heavy atom. The Kier molecular flexibility index (Phi) is 9.54. The molecule has 0 spiro atoms. The highest BCUT2D eigenvalue weighted by molar-refractivity contribution is 6.42. The van der Waals surface area contributed by atoms with Crippen molar-refractivity contribution in [1.82, 2.24) is 9.47 Å². The molecular weight excluding hydrogens is 511 g/mol. The molecule has 2 aromatic carbocycles. The second kappa shape index (κ2) is 12.8. The normalized spacial score (nSPS) is 18.4. The summed E-state index contributed by atoms with van der Waals surface area (Å²) < 4.78 is 13.4. The first-order valence-corrected chi connectivity index (χ1v) is 13.5. The van der Waals surface area contributed by atoms with Crippen LogP contribution in [-0.2, 0) is 13.1 Å². The monoisotopic (exact) mass is 544 g/mol. The van der Waals surface area contributed by atoms with Gasteiger partial charge in [-0.3, -0.25) is 9.69 Å². The fourth-order valence-electron chi connectivity index (χ4n) is 4.52. The maximum Gasteiger partial charge on any atom is 0.250 e. The van der Waals surface area contributed by atoms with E-state index in [2.05, 4.69) is 17.0 Å². The van der Waals surface area contributed by atoms with E-state index in [1.54, 1.807) is 28.8 Å². The predicted molar refractivity (Wildman–Crippen MR) is 148 cm³/mol. The lowest BCUT2D eigenvalue weighted by Gasteiger charge is -2.27. The van der Waals surface area contributed by atoms with Gasteiger partial charge in [-0.2, -0.15) is 0 Å². The lowest BCUT2D eigenvalue weighted by atomic mass is 9.96. The average Bonchev–Trinajstić information content (AvgIpc) is 3.07. The van der Waals surface area contributed by atoms with Crippen molar-refractivity contribution in [1.29, 1.82) is 0 Å². The van der Waals surface area contributed by atoms with Gasteiger partial charge in [0.05, 0.1) is 22.3 Å². The van der Waals surface area contributed by atoms with Crippen LogP contribution in [0.5, 0.6) is 11.5 Å². The van der Waals surface area contributed by atoms with Gasteiger partial charge in [-0.05, 0) is 74.5 Å². The highest BCUT2D eigenvalue weighted by Gasteiger charge is 2.31. The van der Waals surface area contributed by atoms with Gasteiger partial charge in [-0.25, -0.2) is 0 Å². The Hall–Kier alpha value is -2.51. The van der Waals surface area contributed by atoms with Crippen molar-refractivity contribution >= 4 is 23.2 Å².